The Morgan fingerprint density at radius 3 is 0.752 bits per heavy atom. The van der Waals surface area contributed by atoms with Crippen molar-refractivity contribution in [3.8, 4) is 34.5 Å². The highest BCUT2D eigenvalue weighted by Crippen LogP contribution is 2.53. The summed E-state index contributed by atoms with van der Waals surface area (Å²) in [5.74, 6) is 4.84. The molecule has 0 bridgehead atoms. The lowest BCUT2D eigenvalue weighted by atomic mass is 9.74. The second-order valence-corrected chi connectivity index (χ2v) is 41.9. The number of benzene rings is 6. The minimum absolute atomic E-state index is 0.0766. The summed E-state index contributed by atoms with van der Waals surface area (Å²) in [4.78, 5) is 0. The lowest BCUT2D eigenvalue weighted by Crippen LogP contribution is -2.19. The average Bonchev–Trinajstić information content (AvgIpc) is 0.766. The molecule has 0 aliphatic heterocycles. The van der Waals surface area contributed by atoms with Gasteiger partial charge in [0.2, 0.25) is 0 Å². The zero-order chi connectivity index (χ0) is 87.5. The Labute approximate surface area is 747 Å². The molecule has 6 rings (SSSR count). The molecule has 0 heterocycles. The van der Waals surface area contributed by atoms with E-state index in [1.807, 2.05) is 0 Å². The molecular formula is C109H175O9P3. The topological polar surface area (TPSA) is 83.1 Å². The van der Waals surface area contributed by atoms with Crippen molar-refractivity contribution in [1.29, 1.82) is 0 Å². The molecule has 680 valence electrons. The van der Waals surface area contributed by atoms with Crippen molar-refractivity contribution in [3.63, 3.8) is 0 Å². The molecule has 12 heteroatoms. The highest BCUT2D eigenvalue weighted by atomic mass is 31.2. The third kappa shape index (κ3) is 41.7. The average molecular weight is 1720 g/mol. The Hall–Kier alpha value is -4.71. The van der Waals surface area contributed by atoms with Crippen LogP contribution in [0.3, 0.4) is 0 Å². The Balaban J connectivity index is 1.48. The molecule has 0 radical (unpaired) electrons. The van der Waals surface area contributed by atoms with E-state index in [2.05, 4.69) is 241 Å². The Morgan fingerprint density at radius 1 is 0.264 bits per heavy atom. The maximum Gasteiger partial charge on any atom is 0.463 e. The third-order valence-electron chi connectivity index (χ3n) is 24.2. The van der Waals surface area contributed by atoms with E-state index in [0.717, 1.165) is 127 Å². The minimum Gasteiger partial charge on any atom is -0.418 e. The normalized spacial score (nSPS) is 13.3. The highest BCUT2D eigenvalue weighted by Gasteiger charge is 2.35. The number of unbranched alkanes of at least 4 members (excludes halogenated alkanes) is 36. The van der Waals surface area contributed by atoms with Crippen LogP contribution in [0.4, 0.5) is 0 Å². The predicted octanol–water partition coefficient (Wildman–Crippen LogP) is 37.1. The molecule has 9 nitrogen and oxygen atoms in total. The van der Waals surface area contributed by atoms with Gasteiger partial charge in [0.1, 0.15) is 34.5 Å². The molecule has 6 aromatic rings. The monoisotopic (exact) mass is 1720 g/mol. The van der Waals surface area contributed by atoms with Crippen LogP contribution >= 0.6 is 25.8 Å². The van der Waals surface area contributed by atoms with E-state index < -0.39 is 25.8 Å². The first kappa shape index (κ1) is 105. The lowest BCUT2D eigenvalue weighted by Gasteiger charge is -2.33. The predicted molar refractivity (Wildman–Crippen MR) is 525 cm³/mol. The highest BCUT2D eigenvalue weighted by molar-refractivity contribution is 7.43. The van der Waals surface area contributed by atoms with Crippen LogP contribution in [-0.2, 0) is 49.1 Å². The van der Waals surface area contributed by atoms with E-state index in [9.17, 15) is 0 Å². The van der Waals surface area contributed by atoms with Gasteiger partial charge in [0.15, 0.2) is 0 Å². The van der Waals surface area contributed by atoms with Gasteiger partial charge in [0.25, 0.3) is 0 Å². The SMILES string of the molecule is CCCCCCCCCCOP(Oc1cccc(CCCCCCCC)c1)Oc1cc(C)c(C(C)CC(c2cc(C(C)(C)C)c(OP(OCCCCCCCCCC)Oc3cccc(CCCCCCCC)c3)cc2C)c2cc(C(C)(C)C)c(OP(OCCCCCCCCCC)Oc3cccc(CCCCCCCC)c3)cc2C)cc1C(C)(C)C. The fraction of sp³-hybridized carbons (Fsp3) is 0.670. The maximum absolute atomic E-state index is 7.35. The molecule has 0 N–H and O–H groups in total. The number of rotatable bonds is 68. The van der Waals surface area contributed by atoms with Crippen molar-refractivity contribution in [3.05, 3.63) is 176 Å². The van der Waals surface area contributed by atoms with Crippen molar-refractivity contribution in [2.45, 2.75) is 455 Å². The first-order valence-corrected chi connectivity index (χ1v) is 52.8. The molecule has 4 atom stereocenters. The second kappa shape index (κ2) is 60.1. The van der Waals surface area contributed by atoms with Crippen molar-refractivity contribution in [2.24, 2.45) is 0 Å². The van der Waals surface area contributed by atoms with Gasteiger partial charge in [-0.25, -0.2) is 0 Å². The van der Waals surface area contributed by atoms with Gasteiger partial charge < -0.3 is 27.1 Å². The number of aryl methyl sites for hydroxylation is 6. The molecule has 0 aromatic heterocycles. The number of hydrogen-bond acceptors (Lipinski definition) is 9. The Bertz CT molecular complexity index is 3560. The van der Waals surface area contributed by atoms with Gasteiger partial charge in [-0.1, -0.05) is 397 Å². The van der Waals surface area contributed by atoms with Gasteiger partial charge in [0.05, 0.1) is 19.8 Å². The first-order chi connectivity index (χ1) is 58.4. The maximum atomic E-state index is 7.35. The Kier molecular flexibility index (Phi) is 52.2. The molecule has 0 fully saturated rings. The Morgan fingerprint density at radius 2 is 0.496 bits per heavy atom. The summed E-state index contributed by atoms with van der Waals surface area (Å²) in [6.07, 6.45) is 56.0. The molecule has 0 aliphatic rings. The van der Waals surface area contributed by atoms with Crippen LogP contribution in [-0.4, -0.2) is 19.8 Å². The summed E-state index contributed by atoms with van der Waals surface area (Å²) in [6.45, 7) is 45.7. The van der Waals surface area contributed by atoms with Crippen LogP contribution in [0.25, 0.3) is 0 Å². The van der Waals surface area contributed by atoms with Gasteiger partial charge in [-0.3, -0.25) is 13.6 Å². The fourth-order valence-electron chi connectivity index (χ4n) is 16.7. The van der Waals surface area contributed by atoms with E-state index in [1.165, 1.54) is 270 Å². The molecule has 4 unspecified atom stereocenters. The first-order valence-electron chi connectivity index (χ1n) is 49.5. The summed E-state index contributed by atoms with van der Waals surface area (Å²) in [5.41, 5.74) is 13.6. The van der Waals surface area contributed by atoms with Gasteiger partial charge in [-0.2, -0.15) is 0 Å². The molecular weight excluding hydrogens is 1550 g/mol. The third-order valence-corrected chi connectivity index (χ3v) is 27.5. The lowest BCUT2D eigenvalue weighted by molar-refractivity contribution is 0.256. The molecule has 6 aromatic carbocycles. The largest absolute Gasteiger partial charge is 0.463 e. The van der Waals surface area contributed by atoms with Crippen molar-refractivity contribution >= 4 is 25.8 Å². The van der Waals surface area contributed by atoms with Gasteiger partial charge in [-0.05, 0) is 212 Å². The standard InChI is InChI=1S/C109H175O9P3/c1-20-26-32-38-44-47-53-59-74-110-119(113-94-71-62-68-91(81-94)65-56-50-41-35-29-23-4)116-104-78-88(8)97(84-101(104)107(11,12)13)87(7)77-100(98-85-102(108(14,15)16)105(79-89(98)9)117-120(111-75-60-54-48-45-39-33-27-21-2)114-95-72-63-69-92(82-95)66-57-51-42-36-30-24-5)99-86-103(109(17,18)19)106(80-90(99)10)118-121(112-76-61-55-49-46-40-34-28-22-3)115-96-73-64-70-93(83-96)67-58-52-43-37-31-25-6/h62-64,68-73,78-87,100H,20-61,65-67,74-77H2,1-19H3. The zero-order valence-corrected chi connectivity index (χ0v) is 83.4. The van der Waals surface area contributed by atoms with Crippen molar-refractivity contribution in [1.82, 2.24) is 0 Å². The quantitative estimate of drug-likeness (QED) is 0.0274. The van der Waals surface area contributed by atoms with E-state index in [4.69, 9.17) is 40.7 Å². The molecule has 0 spiro atoms. The summed E-state index contributed by atoms with van der Waals surface area (Å²) in [6, 6.07) is 40.4. The van der Waals surface area contributed by atoms with Crippen LogP contribution in [0, 0.1) is 20.8 Å². The molecule has 121 heavy (non-hydrogen) atoms. The van der Waals surface area contributed by atoms with Crippen molar-refractivity contribution in [2.75, 3.05) is 19.8 Å². The second-order valence-electron chi connectivity index (χ2n) is 38.7. The number of hydrogen-bond donors (Lipinski definition) is 0. The molecule has 0 saturated carbocycles. The van der Waals surface area contributed by atoms with Crippen LogP contribution in [0.1, 0.15) is 465 Å². The van der Waals surface area contributed by atoms with E-state index in [-0.39, 0.29) is 28.1 Å². The summed E-state index contributed by atoms with van der Waals surface area (Å²) in [5, 5.41) is 0. The van der Waals surface area contributed by atoms with E-state index in [0.29, 0.717) is 19.8 Å². The molecule has 0 aliphatic carbocycles. The zero-order valence-electron chi connectivity index (χ0n) is 80.7. The van der Waals surface area contributed by atoms with Crippen LogP contribution < -0.4 is 27.1 Å². The van der Waals surface area contributed by atoms with Crippen LogP contribution in [0.15, 0.2) is 109 Å². The molecule has 0 saturated heterocycles. The van der Waals surface area contributed by atoms with Gasteiger partial charge >= 0.3 is 25.8 Å². The van der Waals surface area contributed by atoms with Crippen LogP contribution in [0.5, 0.6) is 34.5 Å². The van der Waals surface area contributed by atoms with Crippen molar-refractivity contribution < 1.29 is 40.7 Å². The van der Waals surface area contributed by atoms with Gasteiger partial charge in [0, 0.05) is 22.6 Å². The fourth-order valence-corrected chi connectivity index (χ4v) is 19.8. The van der Waals surface area contributed by atoms with Crippen LogP contribution in [0.2, 0.25) is 0 Å². The summed E-state index contributed by atoms with van der Waals surface area (Å²) < 4.78 is 63.5. The van der Waals surface area contributed by atoms with E-state index >= 15 is 0 Å². The van der Waals surface area contributed by atoms with Gasteiger partial charge in [-0.15, -0.1) is 0 Å². The summed E-state index contributed by atoms with van der Waals surface area (Å²) >= 11 is 0. The summed E-state index contributed by atoms with van der Waals surface area (Å²) in [7, 11) is -5.51. The molecule has 0 amide bonds. The van der Waals surface area contributed by atoms with E-state index in [1.54, 1.807) is 0 Å². The smallest absolute Gasteiger partial charge is 0.418 e. The minimum atomic E-state index is -1.85.